The topological polar surface area (TPSA) is 21.3 Å². The molecule has 0 amide bonds. The molecule has 0 saturated carbocycles. The van der Waals surface area contributed by atoms with Crippen molar-refractivity contribution in [2.45, 2.75) is 55.4 Å². The average molecular weight is 664 g/mol. The second-order valence-corrected chi connectivity index (χ2v) is 18.0. The van der Waals surface area contributed by atoms with Gasteiger partial charge in [-0.15, -0.1) is 0 Å². The summed E-state index contributed by atoms with van der Waals surface area (Å²) in [6.45, 7) is 17.6. The minimum atomic E-state index is -0.904. The lowest BCUT2D eigenvalue weighted by atomic mass is 10.2. The summed E-state index contributed by atoms with van der Waals surface area (Å²) in [6.07, 6.45) is 0. The van der Waals surface area contributed by atoms with Gasteiger partial charge in [-0.2, -0.15) is 0 Å². The number of fused-ring (bicyclic) bond motifs is 2. The lowest BCUT2D eigenvalue weighted by Gasteiger charge is -2.31. The molecule has 2 nitrogen and oxygen atoms in total. The first-order valence-corrected chi connectivity index (χ1v) is 19.3. The van der Waals surface area contributed by atoms with Gasteiger partial charge in [0.15, 0.2) is 11.5 Å². The molecule has 0 aromatic heterocycles. The van der Waals surface area contributed by atoms with Crippen molar-refractivity contribution in [3.05, 3.63) is 154 Å². The van der Waals surface area contributed by atoms with Crippen molar-refractivity contribution in [3.8, 4) is 11.5 Å². The zero-order valence-electron chi connectivity index (χ0n) is 29.2. The molecule has 1 N–H and O–H groups in total. The van der Waals surface area contributed by atoms with E-state index in [1.54, 1.807) is 0 Å². The number of aryl methyl sites for hydroxylation is 8. The quantitative estimate of drug-likeness (QED) is 0.179. The molecule has 0 atom stereocenters. The number of hydrogen-bond donors (Lipinski definition) is 1. The molecular weight excluding hydrogens is 620 g/mol. The Kier molecular flexibility index (Phi) is 8.76. The van der Waals surface area contributed by atoms with Crippen LogP contribution in [0.1, 0.15) is 44.5 Å². The van der Waals surface area contributed by atoms with Crippen molar-refractivity contribution in [2.75, 3.05) is 5.32 Å². The number of rotatable bonds is 6. The molecule has 0 bridgehead atoms. The van der Waals surface area contributed by atoms with Crippen LogP contribution in [0, 0.1) is 55.4 Å². The third-order valence-electron chi connectivity index (χ3n) is 8.80. The highest BCUT2D eigenvalue weighted by Gasteiger charge is 2.31. The SMILES string of the molecule is Cc1cc(C)cc(P(c2cc(C)cc(C)c2)c2cccc3c2Oc2c(cccc2P(c2cc(C)cc(C)c2)c2cc(C)cc(C)c2)N3)c1. The highest BCUT2D eigenvalue weighted by molar-refractivity contribution is 7.80. The molecule has 48 heavy (non-hydrogen) atoms. The predicted octanol–water partition coefficient (Wildman–Crippen LogP) is 9.52. The molecule has 0 spiro atoms. The predicted molar refractivity (Wildman–Crippen MR) is 212 cm³/mol. The summed E-state index contributed by atoms with van der Waals surface area (Å²) in [7, 11) is -1.81. The monoisotopic (exact) mass is 663 g/mol. The lowest BCUT2D eigenvalue weighted by Crippen LogP contribution is -2.27. The summed E-state index contributed by atoms with van der Waals surface area (Å²) in [5.41, 5.74) is 12.3. The second kappa shape index (κ2) is 13.0. The van der Waals surface area contributed by atoms with Crippen molar-refractivity contribution in [2.24, 2.45) is 0 Å². The zero-order chi connectivity index (χ0) is 33.7. The zero-order valence-corrected chi connectivity index (χ0v) is 31.0. The van der Waals surface area contributed by atoms with Gasteiger partial charge < -0.3 is 10.1 Å². The lowest BCUT2D eigenvalue weighted by molar-refractivity contribution is 0.489. The van der Waals surface area contributed by atoms with E-state index in [9.17, 15) is 0 Å². The van der Waals surface area contributed by atoms with Crippen LogP contribution in [-0.4, -0.2) is 0 Å². The normalized spacial score (nSPS) is 12.0. The van der Waals surface area contributed by atoms with Gasteiger partial charge in [-0.25, -0.2) is 0 Å². The van der Waals surface area contributed by atoms with Crippen LogP contribution < -0.4 is 41.9 Å². The van der Waals surface area contributed by atoms with Crippen molar-refractivity contribution >= 4 is 59.0 Å². The molecule has 7 rings (SSSR count). The standard InChI is InChI=1S/C44H43NOP2/c1-27-15-28(2)20-35(19-27)47(36-21-29(3)16-30(4)22-36)41-13-9-11-39-43(41)46-44-40(45-39)12-10-14-42(44)48(37-23-31(5)17-32(6)24-37)38-25-33(7)18-34(8)26-38/h9-26,45H,1-8H3. The molecule has 1 aliphatic rings. The van der Waals surface area contributed by atoms with E-state index in [4.69, 9.17) is 4.74 Å². The van der Waals surface area contributed by atoms with Gasteiger partial charge in [0, 0.05) is 10.6 Å². The Labute approximate surface area is 288 Å². The van der Waals surface area contributed by atoms with E-state index in [-0.39, 0.29) is 0 Å². The smallest absolute Gasteiger partial charge is 0.159 e. The first-order chi connectivity index (χ1) is 23.0. The van der Waals surface area contributed by atoms with Gasteiger partial charge in [0.1, 0.15) is 0 Å². The fraction of sp³-hybridized carbons (Fsp3) is 0.182. The van der Waals surface area contributed by atoms with Crippen LogP contribution in [0.2, 0.25) is 0 Å². The van der Waals surface area contributed by atoms with Gasteiger partial charge >= 0.3 is 0 Å². The number of para-hydroxylation sites is 2. The molecule has 0 aliphatic carbocycles. The summed E-state index contributed by atoms with van der Waals surface area (Å²) < 4.78 is 7.30. The van der Waals surface area contributed by atoms with Crippen LogP contribution in [0.3, 0.4) is 0 Å². The van der Waals surface area contributed by atoms with Crippen molar-refractivity contribution in [1.29, 1.82) is 0 Å². The van der Waals surface area contributed by atoms with E-state index >= 15 is 0 Å². The van der Waals surface area contributed by atoms with Crippen molar-refractivity contribution in [1.82, 2.24) is 0 Å². The Hall–Kier alpha value is -4.22. The van der Waals surface area contributed by atoms with E-state index in [2.05, 4.69) is 170 Å². The second-order valence-electron chi connectivity index (χ2n) is 13.6. The molecule has 0 radical (unpaired) electrons. The molecular formula is C44H43NOP2. The van der Waals surface area contributed by atoms with Crippen LogP contribution in [-0.2, 0) is 0 Å². The van der Waals surface area contributed by atoms with E-state index in [0.717, 1.165) is 22.9 Å². The summed E-state index contributed by atoms with van der Waals surface area (Å²) in [6, 6.07) is 41.2. The van der Waals surface area contributed by atoms with Gasteiger partial charge in [-0.3, -0.25) is 0 Å². The Bertz CT molecular complexity index is 1860. The average Bonchev–Trinajstić information content (AvgIpc) is 2.99. The maximum absolute atomic E-state index is 7.30. The van der Waals surface area contributed by atoms with Crippen molar-refractivity contribution < 1.29 is 4.74 Å². The van der Waals surface area contributed by atoms with Gasteiger partial charge in [0.05, 0.1) is 11.4 Å². The minimum absolute atomic E-state index is 0.904. The summed E-state index contributed by atoms with van der Waals surface area (Å²) >= 11 is 0. The number of benzene rings is 6. The molecule has 0 saturated heterocycles. The van der Waals surface area contributed by atoms with Gasteiger partial charge in [-0.05, 0) is 117 Å². The Morgan fingerprint density at radius 2 is 0.646 bits per heavy atom. The maximum atomic E-state index is 7.30. The van der Waals surface area contributed by atoms with Gasteiger partial charge in [0.25, 0.3) is 0 Å². The summed E-state index contributed by atoms with van der Waals surface area (Å²) in [5.74, 6) is 1.86. The molecule has 1 aliphatic heterocycles. The molecule has 240 valence electrons. The first kappa shape index (κ1) is 32.3. The summed E-state index contributed by atoms with van der Waals surface area (Å²) in [4.78, 5) is 0. The van der Waals surface area contributed by atoms with E-state index in [0.29, 0.717) is 0 Å². The van der Waals surface area contributed by atoms with Gasteiger partial charge in [0.2, 0.25) is 0 Å². The van der Waals surface area contributed by atoms with Crippen LogP contribution in [0.5, 0.6) is 11.5 Å². The van der Waals surface area contributed by atoms with Crippen LogP contribution in [0.15, 0.2) is 109 Å². The third-order valence-corrected chi connectivity index (χ3v) is 13.6. The fourth-order valence-corrected chi connectivity index (χ4v) is 12.8. The van der Waals surface area contributed by atoms with E-state index in [1.165, 1.54) is 76.3 Å². The molecule has 6 aromatic carbocycles. The van der Waals surface area contributed by atoms with E-state index < -0.39 is 15.8 Å². The van der Waals surface area contributed by atoms with Crippen LogP contribution in [0.4, 0.5) is 11.4 Å². The summed E-state index contributed by atoms with van der Waals surface area (Å²) in [5, 5.41) is 11.7. The highest BCUT2D eigenvalue weighted by atomic mass is 31.1. The molecule has 0 unspecified atom stereocenters. The van der Waals surface area contributed by atoms with Crippen LogP contribution in [0.25, 0.3) is 0 Å². The third kappa shape index (κ3) is 6.45. The molecule has 4 heteroatoms. The van der Waals surface area contributed by atoms with E-state index in [1.807, 2.05) is 0 Å². The minimum Gasteiger partial charge on any atom is -0.452 e. The molecule has 0 fully saturated rings. The largest absolute Gasteiger partial charge is 0.452 e. The number of anilines is 2. The maximum Gasteiger partial charge on any atom is 0.159 e. The molecule has 1 heterocycles. The number of hydrogen-bond acceptors (Lipinski definition) is 2. The highest BCUT2D eigenvalue weighted by Crippen LogP contribution is 2.49. The van der Waals surface area contributed by atoms with Crippen molar-refractivity contribution in [3.63, 3.8) is 0 Å². The van der Waals surface area contributed by atoms with Crippen LogP contribution >= 0.6 is 15.8 Å². The Balaban J connectivity index is 1.44. The van der Waals surface area contributed by atoms with Gasteiger partial charge in [-0.1, -0.05) is 129 Å². The first-order valence-electron chi connectivity index (χ1n) is 16.7. The fourth-order valence-electron chi connectivity index (χ4n) is 7.23. The Morgan fingerprint density at radius 1 is 0.375 bits per heavy atom. The number of nitrogens with one attached hydrogen (secondary N) is 1. The molecule has 6 aromatic rings. The number of ether oxygens (including phenoxy) is 1. The Morgan fingerprint density at radius 3 is 0.917 bits per heavy atom.